The quantitative estimate of drug-likeness (QED) is 0.747. The van der Waals surface area contributed by atoms with Gasteiger partial charge in [-0.3, -0.25) is 0 Å². The second-order valence-corrected chi connectivity index (χ2v) is 8.28. The lowest BCUT2D eigenvalue weighted by Gasteiger charge is -2.38. The number of likely N-dealkylation sites (tertiary alicyclic amines) is 1. The largest absolute Gasteiger partial charge is 0.306 e. The van der Waals surface area contributed by atoms with Crippen LogP contribution in [0.1, 0.15) is 40.3 Å². The van der Waals surface area contributed by atoms with Gasteiger partial charge in [-0.25, -0.2) is 0 Å². The monoisotopic (exact) mass is 309 g/mol. The van der Waals surface area contributed by atoms with Crippen LogP contribution in [0.2, 0.25) is 0 Å². The van der Waals surface area contributed by atoms with E-state index in [0.29, 0.717) is 10.00 Å². The van der Waals surface area contributed by atoms with Crippen LogP contribution in [-0.4, -0.2) is 25.0 Å². The molecular formula is C20H23NS. The van der Waals surface area contributed by atoms with Crippen LogP contribution in [0.25, 0.3) is 0 Å². The van der Waals surface area contributed by atoms with Crippen molar-refractivity contribution in [2.75, 3.05) is 20.1 Å². The molecule has 1 spiro atoms. The van der Waals surface area contributed by atoms with Gasteiger partial charge in [-0.15, -0.1) is 11.8 Å². The predicted octanol–water partition coefficient (Wildman–Crippen LogP) is 4.75. The predicted molar refractivity (Wildman–Crippen MR) is 95.5 cm³/mol. The van der Waals surface area contributed by atoms with Gasteiger partial charge in [0, 0.05) is 4.75 Å². The van der Waals surface area contributed by atoms with E-state index in [2.05, 4.69) is 79.2 Å². The normalized spacial score (nSPS) is 23.6. The van der Waals surface area contributed by atoms with Gasteiger partial charge in [0.25, 0.3) is 0 Å². The highest BCUT2D eigenvalue weighted by atomic mass is 32.2. The van der Waals surface area contributed by atoms with Crippen molar-refractivity contribution in [1.82, 2.24) is 4.90 Å². The van der Waals surface area contributed by atoms with Crippen molar-refractivity contribution in [3.05, 3.63) is 70.8 Å². The summed E-state index contributed by atoms with van der Waals surface area (Å²) in [4.78, 5) is 2.47. The van der Waals surface area contributed by atoms with E-state index in [1.54, 1.807) is 11.1 Å². The fourth-order valence-electron chi connectivity index (χ4n) is 3.85. The first-order valence-corrected chi connectivity index (χ1v) is 9.08. The molecule has 2 aliphatic heterocycles. The molecule has 0 bridgehead atoms. The number of hydrogen-bond acceptors (Lipinski definition) is 2. The summed E-state index contributed by atoms with van der Waals surface area (Å²) in [6.07, 6.45) is 2.54. The van der Waals surface area contributed by atoms with E-state index in [1.807, 2.05) is 0 Å². The van der Waals surface area contributed by atoms with E-state index in [4.69, 9.17) is 0 Å². The lowest BCUT2D eigenvalue weighted by molar-refractivity contribution is 0.241. The Labute approximate surface area is 137 Å². The van der Waals surface area contributed by atoms with E-state index < -0.39 is 0 Å². The molecule has 0 aromatic heterocycles. The summed E-state index contributed by atoms with van der Waals surface area (Å²) in [6.45, 7) is 4.59. The Morgan fingerprint density at radius 3 is 2.41 bits per heavy atom. The molecule has 0 aliphatic carbocycles. The third-order valence-corrected chi connectivity index (χ3v) is 7.09. The molecule has 1 atom stereocenters. The molecule has 0 radical (unpaired) electrons. The number of aryl methyl sites for hydroxylation is 1. The Morgan fingerprint density at radius 2 is 1.68 bits per heavy atom. The number of nitrogens with zero attached hydrogens (tertiary/aromatic N) is 1. The summed E-state index contributed by atoms with van der Waals surface area (Å²) >= 11 is 2.20. The van der Waals surface area contributed by atoms with Crippen LogP contribution in [0, 0.1) is 6.92 Å². The zero-order valence-corrected chi connectivity index (χ0v) is 14.2. The molecule has 0 amide bonds. The van der Waals surface area contributed by atoms with Crippen molar-refractivity contribution in [2.45, 2.75) is 29.8 Å². The van der Waals surface area contributed by atoms with Crippen LogP contribution in [0.15, 0.2) is 48.5 Å². The van der Waals surface area contributed by atoms with Gasteiger partial charge < -0.3 is 4.90 Å². The summed E-state index contributed by atoms with van der Waals surface area (Å²) in [6, 6.07) is 18.3. The zero-order chi connectivity index (χ0) is 15.2. The number of thioether (sulfide) groups is 1. The van der Waals surface area contributed by atoms with E-state index in [9.17, 15) is 0 Å². The Hall–Kier alpha value is -1.25. The highest BCUT2D eigenvalue weighted by Crippen LogP contribution is 2.61. The minimum atomic E-state index is 0.332. The Bertz CT molecular complexity index is 668. The molecule has 0 unspecified atom stereocenters. The minimum Gasteiger partial charge on any atom is -0.306 e. The molecule has 114 valence electrons. The van der Waals surface area contributed by atoms with Crippen LogP contribution in [0.3, 0.4) is 0 Å². The number of rotatable bonds is 1. The highest BCUT2D eigenvalue weighted by Gasteiger charge is 2.45. The molecule has 1 nitrogen and oxygen atoms in total. The lowest BCUT2D eigenvalue weighted by Crippen LogP contribution is -2.37. The standard InChI is InChI=1S/C20H23NS/c1-15-7-9-16(10-8-15)19-17-5-3-4-6-18(17)20(22-19)11-13-21(2)14-12-20/h3-10,19H,11-14H2,1-2H3/t19-/m0/s1. The smallest absolute Gasteiger partial charge is 0.0558 e. The molecule has 2 aliphatic rings. The van der Waals surface area contributed by atoms with Crippen molar-refractivity contribution < 1.29 is 0 Å². The third-order valence-electron chi connectivity index (χ3n) is 5.25. The SMILES string of the molecule is Cc1ccc([C@@H]2SC3(CCN(C)CC3)c3ccccc32)cc1. The molecule has 0 saturated carbocycles. The maximum atomic E-state index is 2.47. The maximum Gasteiger partial charge on any atom is 0.0558 e. The molecule has 2 aromatic rings. The highest BCUT2D eigenvalue weighted by molar-refractivity contribution is 8.01. The molecule has 22 heavy (non-hydrogen) atoms. The second kappa shape index (κ2) is 5.43. The molecule has 2 heterocycles. The van der Waals surface area contributed by atoms with Crippen molar-refractivity contribution in [2.24, 2.45) is 0 Å². The molecule has 1 saturated heterocycles. The van der Waals surface area contributed by atoms with Crippen molar-refractivity contribution in [3.8, 4) is 0 Å². The fraction of sp³-hybridized carbons (Fsp3) is 0.400. The minimum absolute atomic E-state index is 0.332. The molecule has 0 N–H and O–H groups in total. The third kappa shape index (κ3) is 2.29. The summed E-state index contributed by atoms with van der Waals surface area (Å²) in [5.74, 6) is 0. The van der Waals surface area contributed by atoms with Crippen LogP contribution >= 0.6 is 11.8 Å². The lowest BCUT2D eigenvalue weighted by atomic mass is 9.84. The average molecular weight is 309 g/mol. The van der Waals surface area contributed by atoms with Crippen LogP contribution in [0.4, 0.5) is 0 Å². The Balaban J connectivity index is 1.75. The van der Waals surface area contributed by atoms with Crippen LogP contribution < -0.4 is 0 Å². The Kier molecular flexibility index (Phi) is 3.54. The van der Waals surface area contributed by atoms with Crippen molar-refractivity contribution >= 4 is 11.8 Å². The second-order valence-electron chi connectivity index (χ2n) is 6.79. The molecule has 4 rings (SSSR count). The van der Waals surface area contributed by atoms with Gasteiger partial charge in [0.05, 0.1) is 5.25 Å². The number of benzene rings is 2. The molecule has 1 fully saturated rings. The van der Waals surface area contributed by atoms with Gasteiger partial charge in [0.15, 0.2) is 0 Å². The van der Waals surface area contributed by atoms with Gasteiger partial charge in [0.1, 0.15) is 0 Å². The van der Waals surface area contributed by atoms with Gasteiger partial charge >= 0.3 is 0 Å². The zero-order valence-electron chi connectivity index (χ0n) is 13.4. The number of hydrogen-bond donors (Lipinski definition) is 0. The number of fused-ring (bicyclic) bond motifs is 2. The van der Waals surface area contributed by atoms with E-state index in [0.717, 1.165) is 0 Å². The maximum absolute atomic E-state index is 2.47. The van der Waals surface area contributed by atoms with Crippen LogP contribution in [-0.2, 0) is 4.75 Å². The summed E-state index contributed by atoms with van der Waals surface area (Å²) in [5.41, 5.74) is 5.94. The van der Waals surface area contributed by atoms with Crippen molar-refractivity contribution in [3.63, 3.8) is 0 Å². The van der Waals surface area contributed by atoms with E-state index in [1.165, 1.54) is 37.1 Å². The van der Waals surface area contributed by atoms with Crippen molar-refractivity contribution in [1.29, 1.82) is 0 Å². The topological polar surface area (TPSA) is 3.24 Å². The Morgan fingerprint density at radius 1 is 1.00 bits per heavy atom. The van der Waals surface area contributed by atoms with Gasteiger partial charge in [-0.1, -0.05) is 54.1 Å². The van der Waals surface area contributed by atoms with E-state index in [-0.39, 0.29) is 0 Å². The molecule has 2 aromatic carbocycles. The van der Waals surface area contributed by atoms with Gasteiger partial charge in [0.2, 0.25) is 0 Å². The molecular weight excluding hydrogens is 286 g/mol. The van der Waals surface area contributed by atoms with Gasteiger partial charge in [-0.2, -0.15) is 0 Å². The van der Waals surface area contributed by atoms with Gasteiger partial charge in [-0.05, 0) is 56.6 Å². The first-order valence-electron chi connectivity index (χ1n) is 8.20. The summed E-state index contributed by atoms with van der Waals surface area (Å²) in [7, 11) is 2.25. The first-order chi connectivity index (χ1) is 10.7. The molecule has 2 heteroatoms. The first kappa shape index (κ1) is 14.3. The van der Waals surface area contributed by atoms with Crippen LogP contribution in [0.5, 0.6) is 0 Å². The van der Waals surface area contributed by atoms with E-state index >= 15 is 0 Å². The summed E-state index contributed by atoms with van der Waals surface area (Å²) < 4.78 is 0.332. The average Bonchev–Trinajstić information content (AvgIpc) is 2.87. The summed E-state index contributed by atoms with van der Waals surface area (Å²) in [5, 5.41) is 0.500. The fourth-order valence-corrected chi connectivity index (χ4v) is 5.66. The number of piperidine rings is 1.